The van der Waals surface area contributed by atoms with Crippen molar-refractivity contribution in [3.05, 3.63) is 65.7 Å². The molecule has 5 nitrogen and oxygen atoms in total. The molecular weight excluding hydrogens is 328 g/mol. The number of carbonyl (C=O) groups excluding carboxylic acids is 2. The molecule has 1 unspecified atom stereocenters. The van der Waals surface area contributed by atoms with Crippen LogP contribution in [0.2, 0.25) is 0 Å². The molecule has 1 aliphatic rings. The summed E-state index contributed by atoms with van der Waals surface area (Å²) in [7, 11) is 0. The number of hydrogen-bond donors (Lipinski definition) is 1. The van der Waals surface area contributed by atoms with E-state index in [1.54, 1.807) is 17.0 Å². The highest BCUT2D eigenvalue weighted by atomic mass is 16.6. The largest absolute Gasteiger partial charge is 0.442 e. The Hall–Kier alpha value is -2.82. The summed E-state index contributed by atoms with van der Waals surface area (Å²) in [5.41, 5.74) is 2.67. The van der Waals surface area contributed by atoms with E-state index >= 15 is 0 Å². The predicted octanol–water partition coefficient (Wildman–Crippen LogP) is 3.74. The average molecular weight is 352 g/mol. The fourth-order valence-corrected chi connectivity index (χ4v) is 2.88. The first kappa shape index (κ1) is 18.0. The van der Waals surface area contributed by atoms with Gasteiger partial charge in [-0.25, -0.2) is 4.79 Å². The lowest BCUT2D eigenvalue weighted by molar-refractivity contribution is 0.0916. The maximum Gasteiger partial charge on any atom is 0.414 e. The molecule has 0 aliphatic carbocycles. The number of anilines is 1. The van der Waals surface area contributed by atoms with E-state index in [0.29, 0.717) is 12.1 Å². The van der Waals surface area contributed by atoms with Crippen LogP contribution in [0.4, 0.5) is 10.5 Å². The third-order valence-corrected chi connectivity index (χ3v) is 4.45. The summed E-state index contributed by atoms with van der Waals surface area (Å²) < 4.78 is 5.38. The minimum absolute atomic E-state index is 0.0638. The lowest BCUT2D eigenvalue weighted by Gasteiger charge is -2.20. The van der Waals surface area contributed by atoms with Gasteiger partial charge in [0, 0.05) is 11.3 Å². The first-order chi connectivity index (χ1) is 12.3. The summed E-state index contributed by atoms with van der Waals surface area (Å²) in [6.45, 7) is 7.16. The third-order valence-electron chi connectivity index (χ3n) is 4.45. The number of nitrogens with zero attached hydrogens (tertiary/aromatic N) is 1. The second kappa shape index (κ2) is 7.20. The number of ether oxygens (including phenoxy) is 1. The molecule has 2 aromatic rings. The van der Waals surface area contributed by atoms with E-state index in [9.17, 15) is 9.59 Å². The van der Waals surface area contributed by atoms with Crippen LogP contribution in [0.15, 0.2) is 54.6 Å². The fraction of sp³-hybridized carbons (Fsp3) is 0.333. The van der Waals surface area contributed by atoms with E-state index in [-0.39, 0.29) is 30.1 Å². The Morgan fingerprint density at radius 1 is 1.12 bits per heavy atom. The maximum atomic E-state index is 12.2. The number of cyclic esters (lactones) is 1. The third kappa shape index (κ3) is 4.04. The Kier molecular flexibility index (Phi) is 4.98. The first-order valence-corrected chi connectivity index (χ1v) is 8.76. The summed E-state index contributed by atoms with van der Waals surface area (Å²) >= 11 is 0. The van der Waals surface area contributed by atoms with Crippen LogP contribution in [-0.2, 0) is 10.2 Å². The van der Waals surface area contributed by atoms with Crippen molar-refractivity contribution in [3.8, 4) is 0 Å². The van der Waals surface area contributed by atoms with Crippen molar-refractivity contribution < 1.29 is 14.3 Å². The van der Waals surface area contributed by atoms with E-state index in [1.165, 1.54) is 5.56 Å². The van der Waals surface area contributed by atoms with Crippen LogP contribution < -0.4 is 10.2 Å². The molecule has 2 amide bonds. The minimum atomic E-state index is -0.382. The summed E-state index contributed by atoms with van der Waals surface area (Å²) in [4.78, 5) is 25.9. The van der Waals surface area contributed by atoms with Crippen molar-refractivity contribution in [2.24, 2.45) is 0 Å². The van der Waals surface area contributed by atoms with Crippen molar-refractivity contribution in [1.29, 1.82) is 0 Å². The Morgan fingerprint density at radius 3 is 2.38 bits per heavy atom. The van der Waals surface area contributed by atoms with Crippen LogP contribution in [0.1, 0.15) is 36.7 Å². The SMILES string of the molecule is CC(C)(C)c1ccc(N2CC(CNC(=O)c3ccccc3)OC2=O)cc1. The van der Waals surface area contributed by atoms with Crippen molar-refractivity contribution in [2.75, 3.05) is 18.0 Å². The molecule has 2 aromatic carbocycles. The highest BCUT2D eigenvalue weighted by Gasteiger charge is 2.32. The van der Waals surface area contributed by atoms with Gasteiger partial charge in [-0.05, 0) is 35.2 Å². The normalized spacial score (nSPS) is 17.1. The molecule has 1 aliphatic heterocycles. The topological polar surface area (TPSA) is 58.6 Å². The molecule has 5 heteroatoms. The van der Waals surface area contributed by atoms with Crippen LogP contribution in [0, 0.1) is 0 Å². The van der Waals surface area contributed by atoms with Gasteiger partial charge in [-0.3, -0.25) is 9.69 Å². The second-order valence-corrected chi connectivity index (χ2v) is 7.49. The summed E-state index contributed by atoms with van der Waals surface area (Å²) in [5, 5.41) is 2.82. The smallest absolute Gasteiger partial charge is 0.414 e. The summed E-state index contributed by atoms with van der Waals surface area (Å²) in [5.74, 6) is -0.172. The van der Waals surface area contributed by atoms with E-state index in [1.807, 2.05) is 42.5 Å². The number of carbonyl (C=O) groups is 2. The van der Waals surface area contributed by atoms with Gasteiger partial charge >= 0.3 is 6.09 Å². The lowest BCUT2D eigenvalue weighted by atomic mass is 9.87. The zero-order valence-electron chi connectivity index (χ0n) is 15.4. The van der Waals surface area contributed by atoms with Gasteiger partial charge in [-0.1, -0.05) is 51.1 Å². The molecule has 26 heavy (non-hydrogen) atoms. The van der Waals surface area contributed by atoms with Gasteiger partial charge in [0.15, 0.2) is 0 Å². The minimum Gasteiger partial charge on any atom is -0.442 e. The molecule has 1 fully saturated rings. The van der Waals surface area contributed by atoms with E-state index in [2.05, 4.69) is 26.1 Å². The Morgan fingerprint density at radius 2 is 1.77 bits per heavy atom. The number of amides is 2. The first-order valence-electron chi connectivity index (χ1n) is 8.76. The molecule has 0 radical (unpaired) electrons. The van der Waals surface area contributed by atoms with Crippen LogP contribution in [-0.4, -0.2) is 31.2 Å². The Labute approximate surface area is 154 Å². The predicted molar refractivity (Wildman–Crippen MR) is 102 cm³/mol. The van der Waals surface area contributed by atoms with Crippen LogP contribution >= 0.6 is 0 Å². The van der Waals surface area contributed by atoms with Crippen LogP contribution in [0.25, 0.3) is 0 Å². The quantitative estimate of drug-likeness (QED) is 0.912. The van der Waals surface area contributed by atoms with Crippen molar-refractivity contribution >= 4 is 17.7 Å². The lowest BCUT2D eigenvalue weighted by Crippen LogP contribution is -2.34. The molecule has 0 bridgehead atoms. The van der Waals surface area contributed by atoms with Crippen molar-refractivity contribution in [1.82, 2.24) is 5.32 Å². The number of nitrogens with one attached hydrogen (secondary N) is 1. The standard InChI is InChI=1S/C21H24N2O3/c1-21(2,3)16-9-11-17(12-10-16)23-14-18(26-20(23)25)13-22-19(24)15-7-5-4-6-8-15/h4-12,18H,13-14H2,1-3H3,(H,22,24). The van der Waals surface area contributed by atoms with Gasteiger partial charge in [0.2, 0.25) is 0 Å². The molecule has 1 heterocycles. The van der Waals surface area contributed by atoms with Gasteiger partial charge in [-0.2, -0.15) is 0 Å². The number of rotatable bonds is 4. The molecule has 136 valence electrons. The van der Waals surface area contributed by atoms with Crippen LogP contribution in [0.5, 0.6) is 0 Å². The van der Waals surface area contributed by atoms with Gasteiger partial charge in [0.05, 0.1) is 13.1 Å². The average Bonchev–Trinajstić information content (AvgIpc) is 3.00. The maximum absolute atomic E-state index is 12.2. The van der Waals surface area contributed by atoms with Gasteiger partial charge in [0.25, 0.3) is 5.91 Å². The Bertz CT molecular complexity index is 779. The van der Waals surface area contributed by atoms with Crippen molar-refractivity contribution in [3.63, 3.8) is 0 Å². The molecule has 0 aromatic heterocycles. The zero-order valence-corrected chi connectivity index (χ0v) is 15.4. The van der Waals surface area contributed by atoms with Gasteiger partial charge in [0.1, 0.15) is 6.10 Å². The van der Waals surface area contributed by atoms with E-state index in [4.69, 9.17) is 4.74 Å². The molecule has 1 N–H and O–H groups in total. The van der Waals surface area contributed by atoms with Crippen LogP contribution in [0.3, 0.4) is 0 Å². The molecule has 3 rings (SSSR count). The highest BCUT2D eigenvalue weighted by molar-refractivity contribution is 5.94. The summed E-state index contributed by atoms with van der Waals surface area (Å²) in [6.07, 6.45) is -0.745. The number of benzene rings is 2. The monoisotopic (exact) mass is 352 g/mol. The van der Waals surface area contributed by atoms with Crippen molar-refractivity contribution in [2.45, 2.75) is 32.3 Å². The molecular formula is C21H24N2O3. The van der Waals surface area contributed by atoms with Gasteiger partial charge < -0.3 is 10.1 Å². The molecule has 0 saturated carbocycles. The highest BCUT2D eigenvalue weighted by Crippen LogP contribution is 2.27. The molecule has 1 saturated heterocycles. The molecule has 0 spiro atoms. The molecule has 1 atom stereocenters. The van der Waals surface area contributed by atoms with E-state index in [0.717, 1.165) is 5.69 Å². The van der Waals surface area contributed by atoms with Gasteiger partial charge in [-0.15, -0.1) is 0 Å². The zero-order chi connectivity index (χ0) is 18.7. The van der Waals surface area contributed by atoms with E-state index < -0.39 is 0 Å². The number of hydrogen-bond acceptors (Lipinski definition) is 3. The fourth-order valence-electron chi connectivity index (χ4n) is 2.88. The Balaban J connectivity index is 1.59. The second-order valence-electron chi connectivity index (χ2n) is 7.49. The summed E-state index contributed by atoms with van der Waals surface area (Å²) in [6, 6.07) is 16.9.